The molecule has 1 aliphatic heterocycles. The van der Waals surface area contributed by atoms with Gasteiger partial charge in [-0.1, -0.05) is 23.7 Å². The molecule has 7 heteroatoms. The molecule has 0 bridgehead atoms. The van der Waals surface area contributed by atoms with Crippen LogP contribution >= 0.6 is 22.9 Å². The first kappa shape index (κ1) is 19.6. The van der Waals surface area contributed by atoms with Gasteiger partial charge in [0.15, 0.2) is 11.5 Å². The summed E-state index contributed by atoms with van der Waals surface area (Å²) < 4.78 is 16.4. The summed E-state index contributed by atoms with van der Waals surface area (Å²) in [6.45, 7) is 0. The molecule has 0 radical (unpaired) electrons. The van der Waals surface area contributed by atoms with Gasteiger partial charge in [0.05, 0.1) is 27.0 Å². The Labute approximate surface area is 178 Å². The predicted octanol–water partition coefficient (Wildman–Crippen LogP) is 5.57. The fourth-order valence-electron chi connectivity index (χ4n) is 3.64. The number of carbonyl (C=O) groups excluding carboxylic acids is 1. The average Bonchev–Trinajstić information content (AvgIpc) is 3.16. The summed E-state index contributed by atoms with van der Waals surface area (Å²) in [6.07, 6.45) is 0.353. The maximum atomic E-state index is 12.6. The Morgan fingerprint density at radius 1 is 1.03 bits per heavy atom. The number of ether oxygens (including phenoxy) is 3. The van der Waals surface area contributed by atoms with E-state index >= 15 is 0 Å². The number of amides is 1. The minimum atomic E-state index is -0.0986. The monoisotopic (exact) mass is 429 g/mol. The van der Waals surface area contributed by atoms with Gasteiger partial charge in [0.2, 0.25) is 11.7 Å². The smallest absolute Gasteiger partial charge is 0.225 e. The highest BCUT2D eigenvalue weighted by molar-refractivity contribution is 7.11. The molecule has 0 fully saturated rings. The highest BCUT2D eigenvalue weighted by Gasteiger charge is 2.31. The van der Waals surface area contributed by atoms with Gasteiger partial charge in [-0.15, -0.1) is 11.3 Å². The zero-order valence-corrected chi connectivity index (χ0v) is 17.8. The van der Waals surface area contributed by atoms with Crippen LogP contribution in [0.2, 0.25) is 5.02 Å². The minimum Gasteiger partial charge on any atom is -0.493 e. The van der Waals surface area contributed by atoms with Crippen LogP contribution in [0.15, 0.2) is 41.8 Å². The first-order chi connectivity index (χ1) is 14.0. The number of methoxy groups -OCH3 is 3. The van der Waals surface area contributed by atoms with Crippen LogP contribution in [0.5, 0.6) is 17.2 Å². The van der Waals surface area contributed by atoms with Crippen molar-refractivity contribution < 1.29 is 19.0 Å². The van der Waals surface area contributed by atoms with Crippen LogP contribution in [0.25, 0.3) is 11.1 Å². The SMILES string of the molecule is COc1cc([C@H]2CC(=O)Nc3c(-c4ccc(Cl)cc4)csc32)cc(OC)c1OC. The summed E-state index contributed by atoms with van der Waals surface area (Å²) >= 11 is 7.66. The molecule has 5 nitrogen and oxygen atoms in total. The highest BCUT2D eigenvalue weighted by Crippen LogP contribution is 2.49. The van der Waals surface area contributed by atoms with Crippen LogP contribution < -0.4 is 19.5 Å². The molecule has 2 aromatic carbocycles. The number of nitrogens with one attached hydrogen (secondary N) is 1. The lowest BCUT2D eigenvalue weighted by atomic mass is 9.88. The molecule has 1 aliphatic rings. The van der Waals surface area contributed by atoms with Crippen molar-refractivity contribution in [3.05, 3.63) is 57.2 Å². The minimum absolute atomic E-state index is 0.0233. The lowest BCUT2D eigenvalue weighted by molar-refractivity contribution is -0.116. The molecule has 1 atom stereocenters. The molecular weight excluding hydrogens is 410 g/mol. The molecule has 2 heterocycles. The van der Waals surface area contributed by atoms with Crippen molar-refractivity contribution in [3.63, 3.8) is 0 Å². The van der Waals surface area contributed by atoms with E-state index in [0.29, 0.717) is 28.7 Å². The summed E-state index contributed by atoms with van der Waals surface area (Å²) in [5, 5.41) is 5.80. The Kier molecular flexibility index (Phi) is 5.39. The molecule has 1 N–H and O–H groups in total. The van der Waals surface area contributed by atoms with E-state index in [1.54, 1.807) is 32.7 Å². The number of thiophene rings is 1. The summed E-state index contributed by atoms with van der Waals surface area (Å²) in [5.74, 6) is 1.56. The third-order valence-electron chi connectivity index (χ3n) is 5.03. The summed E-state index contributed by atoms with van der Waals surface area (Å²) in [7, 11) is 4.75. The van der Waals surface area contributed by atoms with Gasteiger partial charge >= 0.3 is 0 Å². The Hall–Kier alpha value is -2.70. The van der Waals surface area contributed by atoms with E-state index in [1.807, 2.05) is 36.4 Å². The number of halogens is 1. The molecule has 0 unspecified atom stereocenters. The molecule has 1 aromatic heterocycles. The number of hydrogen-bond donors (Lipinski definition) is 1. The van der Waals surface area contributed by atoms with Crippen molar-refractivity contribution in [1.82, 2.24) is 0 Å². The second kappa shape index (κ2) is 7.97. The largest absolute Gasteiger partial charge is 0.493 e. The first-order valence-electron chi connectivity index (χ1n) is 9.02. The van der Waals surface area contributed by atoms with Crippen molar-refractivity contribution in [1.29, 1.82) is 0 Å². The molecule has 0 saturated heterocycles. The number of hydrogen-bond acceptors (Lipinski definition) is 5. The van der Waals surface area contributed by atoms with E-state index in [-0.39, 0.29) is 11.8 Å². The van der Waals surface area contributed by atoms with E-state index < -0.39 is 0 Å². The molecule has 3 aromatic rings. The van der Waals surface area contributed by atoms with Gasteiger partial charge in [-0.3, -0.25) is 4.79 Å². The predicted molar refractivity (Wildman–Crippen MR) is 116 cm³/mol. The van der Waals surface area contributed by atoms with Gasteiger partial charge in [0, 0.05) is 33.2 Å². The molecule has 1 amide bonds. The second-order valence-corrected chi connectivity index (χ2v) is 8.01. The van der Waals surface area contributed by atoms with Crippen LogP contribution in [-0.2, 0) is 4.79 Å². The quantitative estimate of drug-likeness (QED) is 0.576. The van der Waals surface area contributed by atoms with Crippen LogP contribution in [-0.4, -0.2) is 27.2 Å². The molecule has 29 heavy (non-hydrogen) atoms. The third-order valence-corrected chi connectivity index (χ3v) is 6.38. The van der Waals surface area contributed by atoms with E-state index in [4.69, 9.17) is 25.8 Å². The van der Waals surface area contributed by atoms with Crippen molar-refractivity contribution >= 4 is 34.5 Å². The number of anilines is 1. The van der Waals surface area contributed by atoms with E-state index in [1.165, 1.54) is 0 Å². The molecule has 0 spiro atoms. The van der Waals surface area contributed by atoms with E-state index in [9.17, 15) is 4.79 Å². The van der Waals surface area contributed by atoms with Gasteiger partial charge in [-0.2, -0.15) is 0 Å². The Bertz CT molecular complexity index is 1040. The fourth-order valence-corrected chi connectivity index (χ4v) is 4.93. The number of benzene rings is 2. The Morgan fingerprint density at radius 2 is 1.69 bits per heavy atom. The normalized spacial score (nSPS) is 15.4. The van der Waals surface area contributed by atoms with Crippen molar-refractivity contribution in [2.24, 2.45) is 0 Å². The van der Waals surface area contributed by atoms with Crippen molar-refractivity contribution in [2.45, 2.75) is 12.3 Å². The average molecular weight is 430 g/mol. The number of fused-ring (bicyclic) bond motifs is 1. The maximum absolute atomic E-state index is 12.6. The first-order valence-corrected chi connectivity index (χ1v) is 10.3. The zero-order valence-electron chi connectivity index (χ0n) is 16.2. The second-order valence-electron chi connectivity index (χ2n) is 6.66. The molecule has 0 saturated carbocycles. The van der Waals surface area contributed by atoms with Gasteiger partial charge < -0.3 is 19.5 Å². The number of carbonyl (C=O) groups is 1. The molecule has 4 rings (SSSR count). The molecule has 150 valence electrons. The summed E-state index contributed by atoms with van der Waals surface area (Å²) in [6, 6.07) is 11.4. The third kappa shape index (κ3) is 3.54. The highest BCUT2D eigenvalue weighted by atomic mass is 35.5. The van der Waals surface area contributed by atoms with Crippen LogP contribution in [0.3, 0.4) is 0 Å². The van der Waals surface area contributed by atoms with Gasteiger partial charge in [0.1, 0.15) is 0 Å². The van der Waals surface area contributed by atoms with Crippen LogP contribution in [0, 0.1) is 0 Å². The van der Waals surface area contributed by atoms with Gasteiger partial charge in [0.25, 0.3) is 0 Å². The van der Waals surface area contributed by atoms with Crippen LogP contribution in [0.4, 0.5) is 5.69 Å². The summed E-state index contributed by atoms with van der Waals surface area (Å²) in [4.78, 5) is 13.7. The standard InChI is InChI=1S/C22H20ClNO4S/c1-26-17-8-13(9-18(27-2)21(17)28-3)15-10-19(25)24-20-16(11-29-22(15)20)12-4-6-14(23)7-5-12/h4-9,11,15H,10H2,1-3H3,(H,24,25)/t15-/m1/s1. The fraction of sp³-hybridized carbons (Fsp3) is 0.227. The number of rotatable bonds is 5. The van der Waals surface area contributed by atoms with E-state index in [2.05, 4.69) is 10.7 Å². The lowest BCUT2D eigenvalue weighted by Crippen LogP contribution is -2.22. The topological polar surface area (TPSA) is 56.8 Å². The summed E-state index contributed by atoms with van der Waals surface area (Å²) in [5.41, 5.74) is 3.80. The van der Waals surface area contributed by atoms with Crippen LogP contribution in [0.1, 0.15) is 22.8 Å². The maximum Gasteiger partial charge on any atom is 0.225 e. The zero-order chi connectivity index (χ0) is 20.5. The lowest BCUT2D eigenvalue weighted by Gasteiger charge is -2.25. The van der Waals surface area contributed by atoms with Gasteiger partial charge in [-0.25, -0.2) is 0 Å². The molecule has 0 aliphatic carbocycles. The van der Waals surface area contributed by atoms with Gasteiger partial charge in [-0.05, 0) is 35.4 Å². The Balaban J connectivity index is 1.82. The van der Waals surface area contributed by atoms with E-state index in [0.717, 1.165) is 27.3 Å². The van der Waals surface area contributed by atoms with Crippen molar-refractivity contribution in [3.8, 4) is 28.4 Å². The Morgan fingerprint density at radius 3 is 2.28 bits per heavy atom. The molecular formula is C22H20ClNO4S. The van der Waals surface area contributed by atoms with Crippen molar-refractivity contribution in [2.75, 3.05) is 26.6 Å².